The number of tetrazole rings is 1. The Morgan fingerprint density at radius 1 is 1.10 bits per heavy atom. The van der Waals surface area contributed by atoms with E-state index in [1.807, 2.05) is 16.8 Å². The molecule has 5 aromatic rings. The molecular formula is C26H23F2N9O3S. The first-order chi connectivity index (χ1) is 19.9. The van der Waals surface area contributed by atoms with Crippen LogP contribution in [0.4, 0.5) is 14.5 Å². The Hall–Kier alpha value is -4.63. The van der Waals surface area contributed by atoms with Crippen LogP contribution in [0.5, 0.6) is 0 Å². The predicted molar refractivity (Wildman–Crippen MR) is 144 cm³/mol. The number of fused-ring (bicyclic) bond motifs is 1. The second kappa shape index (κ2) is 11.1. The number of carbonyl (C=O) groups is 2. The number of carbonyl (C=O) groups excluding carboxylic acids is 2. The fourth-order valence-electron chi connectivity index (χ4n) is 4.74. The van der Waals surface area contributed by atoms with Crippen LogP contribution in [-0.4, -0.2) is 78.0 Å². The molecule has 1 aromatic carbocycles. The molecule has 2 amide bonds. The molecular weight excluding hydrogens is 556 g/mol. The van der Waals surface area contributed by atoms with Crippen molar-refractivity contribution in [3.05, 3.63) is 70.4 Å². The molecule has 0 bridgehead atoms. The first kappa shape index (κ1) is 26.6. The van der Waals surface area contributed by atoms with E-state index in [9.17, 15) is 18.4 Å². The number of pyridine rings is 1. The average Bonchev–Trinajstić information content (AvgIpc) is 3.75. The number of nitrogens with zero attached hydrogens (tertiary/aromatic N) is 8. The third kappa shape index (κ3) is 5.53. The van der Waals surface area contributed by atoms with E-state index in [1.54, 1.807) is 35.2 Å². The standard InChI is InChI=1S/C26H23F2N9O3S/c1-15(38)30-18-2-3-21-19(13-18)31-24(40-21)16-4-6-29-20(12-16)25(39)36-9-7-35(8-10-36)22(17-5-11-41-14-17)23-32-34-37(33-23)26(27)28/h2-6,11-14,22,26H,7-10H2,1H3,(H,30,38). The number of amides is 2. The number of alkyl halides is 2. The summed E-state index contributed by atoms with van der Waals surface area (Å²) >= 11 is 1.49. The number of halogens is 2. The first-order valence-corrected chi connectivity index (χ1v) is 13.6. The van der Waals surface area contributed by atoms with Gasteiger partial charge in [-0.05, 0) is 57.9 Å². The fraction of sp³-hybridized carbons (Fsp3) is 0.269. The molecule has 5 heterocycles. The maximum absolute atomic E-state index is 13.4. The lowest BCUT2D eigenvalue weighted by atomic mass is 10.1. The van der Waals surface area contributed by atoms with Crippen LogP contribution in [0.15, 0.2) is 57.8 Å². The second-order valence-electron chi connectivity index (χ2n) is 9.35. The van der Waals surface area contributed by atoms with Gasteiger partial charge in [0.1, 0.15) is 17.3 Å². The average molecular weight is 580 g/mol. The molecule has 1 N–H and O–H groups in total. The summed E-state index contributed by atoms with van der Waals surface area (Å²) in [6.45, 7) is 0.267. The van der Waals surface area contributed by atoms with E-state index in [1.165, 1.54) is 24.5 Å². The van der Waals surface area contributed by atoms with Crippen molar-refractivity contribution in [1.29, 1.82) is 0 Å². The number of benzene rings is 1. The third-order valence-corrected chi connectivity index (χ3v) is 7.32. The molecule has 1 fully saturated rings. The maximum Gasteiger partial charge on any atom is 0.350 e. The highest BCUT2D eigenvalue weighted by atomic mass is 32.1. The van der Waals surface area contributed by atoms with Gasteiger partial charge in [0.15, 0.2) is 11.4 Å². The topological polar surface area (TPSA) is 135 Å². The summed E-state index contributed by atoms with van der Waals surface area (Å²) in [5, 5.41) is 17.8. The Morgan fingerprint density at radius 3 is 2.63 bits per heavy atom. The molecule has 210 valence electrons. The molecule has 1 saturated heterocycles. The van der Waals surface area contributed by atoms with Crippen LogP contribution in [-0.2, 0) is 4.79 Å². The number of hydrogen-bond acceptors (Lipinski definition) is 10. The third-order valence-electron chi connectivity index (χ3n) is 6.62. The van der Waals surface area contributed by atoms with Gasteiger partial charge in [0.25, 0.3) is 5.91 Å². The molecule has 6 rings (SSSR count). The number of hydrogen-bond donors (Lipinski definition) is 1. The normalized spacial score (nSPS) is 15.0. The van der Waals surface area contributed by atoms with Gasteiger partial charge in [-0.3, -0.25) is 19.5 Å². The molecule has 15 heteroatoms. The van der Waals surface area contributed by atoms with Crippen molar-refractivity contribution in [2.24, 2.45) is 0 Å². The van der Waals surface area contributed by atoms with Crippen molar-refractivity contribution in [2.75, 3.05) is 31.5 Å². The number of nitrogens with one attached hydrogen (secondary N) is 1. The number of piperazine rings is 1. The van der Waals surface area contributed by atoms with Crippen LogP contribution in [0.25, 0.3) is 22.6 Å². The fourth-order valence-corrected chi connectivity index (χ4v) is 5.42. The Morgan fingerprint density at radius 2 is 1.93 bits per heavy atom. The highest BCUT2D eigenvalue weighted by molar-refractivity contribution is 7.08. The quantitative estimate of drug-likeness (QED) is 0.305. The monoisotopic (exact) mass is 579 g/mol. The summed E-state index contributed by atoms with van der Waals surface area (Å²) in [5.74, 6) is 0.0679. The van der Waals surface area contributed by atoms with Crippen molar-refractivity contribution in [3.8, 4) is 11.5 Å². The van der Waals surface area contributed by atoms with Gasteiger partial charge in [0.05, 0.1) is 0 Å². The van der Waals surface area contributed by atoms with E-state index < -0.39 is 12.6 Å². The van der Waals surface area contributed by atoms with Crippen molar-refractivity contribution >= 4 is 39.9 Å². The van der Waals surface area contributed by atoms with E-state index in [2.05, 4.69) is 35.6 Å². The van der Waals surface area contributed by atoms with E-state index in [0.29, 0.717) is 59.2 Å². The molecule has 1 aliphatic rings. The Balaban J connectivity index is 1.17. The minimum atomic E-state index is -2.88. The summed E-state index contributed by atoms with van der Waals surface area (Å²) in [5.41, 5.74) is 3.41. The van der Waals surface area contributed by atoms with Gasteiger partial charge in [0, 0.05) is 50.6 Å². The molecule has 1 unspecified atom stereocenters. The van der Waals surface area contributed by atoms with E-state index in [-0.39, 0.29) is 23.3 Å². The number of anilines is 1. The van der Waals surface area contributed by atoms with Crippen LogP contribution in [0.3, 0.4) is 0 Å². The van der Waals surface area contributed by atoms with Gasteiger partial charge >= 0.3 is 6.55 Å². The number of rotatable bonds is 7. The van der Waals surface area contributed by atoms with Crippen LogP contribution in [0, 0.1) is 0 Å². The zero-order chi connectivity index (χ0) is 28.5. The zero-order valence-corrected chi connectivity index (χ0v) is 22.5. The summed E-state index contributed by atoms with van der Waals surface area (Å²) < 4.78 is 32.1. The molecule has 4 aromatic heterocycles. The lowest BCUT2D eigenvalue weighted by Crippen LogP contribution is -2.50. The highest BCUT2D eigenvalue weighted by Crippen LogP contribution is 2.30. The van der Waals surface area contributed by atoms with Crippen LogP contribution in [0.2, 0.25) is 0 Å². The maximum atomic E-state index is 13.4. The molecule has 1 aliphatic heterocycles. The number of thiophene rings is 1. The minimum Gasteiger partial charge on any atom is -0.436 e. The summed E-state index contributed by atoms with van der Waals surface area (Å²) in [7, 11) is 0. The van der Waals surface area contributed by atoms with E-state index in [0.717, 1.165) is 5.56 Å². The lowest BCUT2D eigenvalue weighted by molar-refractivity contribution is -0.114. The molecule has 0 aliphatic carbocycles. The molecule has 12 nitrogen and oxygen atoms in total. The molecule has 0 radical (unpaired) electrons. The lowest BCUT2D eigenvalue weighted by Gasteiger charge is -2.38. The SMILES string of the molecule is CC(=O)Nc1ccc2oc(-c3ccnc(C(=O)N4CCN(C(c5ccsc5)c5nnn(C(F)F)n5)CC4)c3)nc2c1. The number of aromatic nitrogens is 6. The molecule has 1 atom stereocenters. The largest absolute Gasteiger partial charge is 0.436 e. The number of oxazole rings is 1. The second-order valence-corrected chi connectivity index (χ2v) is 10.1. The van der Waals surface area contributed by atoms with E-state index >= 15 is 0 Å². The van der Waals surface area contributed by atoms with Crippen LogP contribution in [0.1, 0.15) is 41.4 Å². The van der Waals surface area contributed by atoms with Crippen molar-refractivity contribution < 1.29 is 22.8 Å². The molecule has 0 spiro atoms. The first-order valence-electron chi connectivity index (χ1n) is 12.6. The smallest absolute Gasteiger partial charge is 0.350 e. The Labute approximate surface area is 235 Å². The van der Waals surface area contributed by atoms with Gasteiger partial charge < -0.3 is 14.6 Å². The van der Waals surface area contributed by atoms with Gasteiger partial charge in [-0.15, -0.1) is 10.2 Å². The van der Waals surface area contributed by atoms with Gasteiger partial charge in [0.2, 0.25) is 11.8 Å². The van der Waals surface area contributed by atoms with Crippen molar-refractivity contribution in [1.82, 2.24) is 40.0 Å². The van der Waals surface area contributed by atoms with E-state index in [4.69, 9.17) is 4.42 Å². The van der Waals surface area contributed by atoms with Gasteiger partial charge in [-0.2, -0.15) is 20.1 Å². The Bertz CT molecular complexity index is 1700. The highest BCUT2D eigenvalue weighted by Gasteiger charge is 2.32. The predicted octanol–water partition coefficient (Wildman–Crippen LogP) is 3.84. The minimum absolute atomic E-state index is 0.181. The van der Waals surface area contributed by atoms with Crippen LogP contribution < -0.4 is 5.32 Å². The summed E-state index contributed by atoms with van der Waals surface area (Å²) in [6.07, 6.45) is 1.53. The van der Waals surface area contributed by atoms with Gasteiger partial charge in [-0.25, -0.2) is 4.98 Å². The summed E-state index contributed by atoms with van der Waals surface area (Å²) in [6, 6.07) is 9.93. The molecule has 41 heavy (non-hydrogen) atoms. The molecule has 0 saturated carbocycles. The van der Waals surface area contributed by atoms with Crippen LogP contribution >= 0.6 is 11.3 Å². The zero-order valence-electron chi connectivity index (χ0n) is 21.6. The van der Waals surface area contributed by atoms with Crippen molar-refractivity contribution in [2.45, 2.75) is 19.5 Å². The Kier molecular flexibility index (Phi) is 7.19. The van der Waals surface area contributed by atoms with Crippen molar-refractivity contribution in [3.63, 3.8) is 0 Å². The summed E-state index contributed by atoms with van der Waals surface area (Å²) in [4.78, 5) is 37.6. The van der Waals surface area contributed by atoms with Gasteiger partial charge in [-0.1, -0.05) is 4.80 Å².